The second kappa shape index (κ2) is 6.29. The molecule has 0 unspecified atom stereocenters. The summed E-state index contributed by atoms with van der Waals surface area (Å²) < 4.78 is 0. The fourth-order valence-corrected chi connectivity index (χ4v) is 4.73. The van der Waals surface area contributed by atoms with Crippen molar-refractivity contribution in [2.75, 3.05) is 31.5 Å². The Labute approximate surface area is 147 Å². The predicted molar refractivity (Wildman–Crippen MR) is 92.6 cm³/mol. The van der Waals surface area contributed by atoms with Crippen molar-refractivity contribution in [2.24, 2.45) is 0 Å². The van der Waals surface area contributed by atoms with Crippen molar-refractivity contribution in [3.8, 4) is 0 Å². The first kappa shape index (κ1) is 16.3. The highest BCUT2D eigenvalue weighted by atomic mass is 16.4. The van der Waals surface area contributed by atoms with Crippen molar-refractivity contribution >= 4 is 17.7 Å². The van der Waals surface area contributed by atoms with Gasteiger partial charge in [-0.25, -0.2) is 4.79 Å². The molecule has 2 N–H and O–H groups in total. The first-order valence-corrected chi connectivity index (χ1v) is 9.08. The summed E-state index contributed by atoms with van der Waals surface area (Å²) in [5.41, 5.74) is 1.56. The van der Waals surface area contributed by atoms with Crippen molar-refractivity contribution in [3.63, 3.8) is 0 Å². The van der Waals surface area contributed by atoms with E-state index in [1.807, 2.05) is 6.07 Å². The van der Waals surface area contributed by atoms with Gasteiger partial charge in [0.15, 0.2) is 0 Å². The zero-order valence-corrected chi connectivity index (χ0v) is 14.3. The number of carboxylic acid groups (broad SMARTS) is 1. The Kier molecular flexibility index (Phi) is 4.11. The van der Waals surface area contributed by atoms with Gasteiger partial charge in [-0.1, -0.05) is 0 Å². The van der Waals surface area contributed by atoms with Gasteiger partial charge < -0.3 is 15.3 Å². The van der Waals surface area contributed by atoms with E-state index in [1.54, 1.807) is 12.4 Å². The van der Waals surface area contributed by atoms with Crippen LogP contribution in [0.5, 0.6) is 0 Å². The molecule has 1 aromatic rings. The molecule has 4 rings (SSSR count). The second-order valence-corrected chi connectivity index (χ2v) is 7.35. The number of anilines is 1. The van der Waals surface area contributed by atoms with Crippen LogP contribution in [0, 0.1) is 0 Å². The van der Waals surface area contributed by atoms with Gasteiger partial charge in [-0.3, -0.25) is 14.7 Å². The number of pyridine rings is 1. The first-order chi connectivity index (χ1) is 12.1. The summed E-state index contributed by atoms with van der Waals surface area (Å²) in [7, 11) is 0. The van der Waals surface area contributed by atoms with E-state index < -0.39 is 11.5 Å². The molecule has 0 aromatic carbocycles. The van der Waals surface area contributed by atoms with Crippen LogP contribution in [0.25, 0.3) is 0 Å². The van der Waals surface area contributed by atoms with E-state index in [1.165, 1.54) is 4.90 Å². The topological polar surface area (TPSA) is 85.8 Å². The van der Waals surface area contributed by atoms with Gasteiger partial charge >= 0.3 is 6.09 Å². The van der Waals surface area contributed by atoms with E-state index in [9.17, 15) is 14.7 Å². The Hall–Kier alpha value is -2.15. The Morgan fingerprint density at radius 2 is 2.04 bits per heavy atom. The summed E-state index contributed by atoms with van der Waals surface area (Å²) in [4.78, 5) is 31.9. The minimum atomic E-state index is -0.822. The fraction of sp³-hybridized carbons (Fsp3) is 0.611. The van der Waals surface area contributed by atoms with Crippen molar-refractivity contribution in [1.29, 1.82) is 0 Å². The monoisotopic (exact) mass is 344 g/mol. The summed E-state index contributed by atoms with van der Waals surface area (Å²) in [6.07, 6.45) is 7.20. The van der Waals surface area contributed by atoms with Gasteiger partial charge in [-0.05, 0) is 43.7 Å². The van der Waals surface area contributed by atoms with Crippen molar-refractivity contribution in [1.82, 2.24) is 14.8 Å². The number of aromatic nitrogens is 1. The summed E-state index contributed by atoms with van der Waals surface area (Å²) in [5.74, 6) is 0.113. The van der Waals surface area contributed by atoms with Crippen LogP contribution in [-0.2, 0) is 10.2 Å². The molecular weight excluding hydrogens is 320 g/mol. The highest BCUT2D eigenvalue weighted by Crippen LogP contribution is 2.47. The molecule has 1 saturated heterocycles. The van der Waals surface area contributed by atoms with Crippen LogP contribution in [0.15, 0.2) is 18.5 Å². The SMILES string of the molecule is O=C(O)N1CCCN(C2CCC3(CC2)C(=O)Nc2cnccc23)CC1. The number of nitrogens with zero attached hydrogens (tertiary/aromatic N) is 3. The summed E-state index contributed by atoms with van der Waals surface area (Å²) in [6, 6.07) is 2.42. The molecule has 0 atom stereocenters. The van der Waals surface area contributed by atoms with Crippen LogP contribution < -0.4 is 5.32 Å². The van der Waals surface area contributed by atoms with E-state index in [2.05, 4.69) is 15.2 Å². The Balaban J connectivity index is 1.44. The third-order valence-corrected chi connectivity index (χ3v) is 6.15. The average Bonchev–Trinajstić information content (AvgIpc) is 2.79. The molecular formula is C18H24N4O3. The molecule has 2 amide bonds. The van der Waals surface area contributed by atoms with E-state index in [0.29, 0.717) is 19.1 Å². The lowest BCUT2D eigenvalue weighted by atomic mass is 9.69. The average molecular weight is 344 g/mol. The molecule has 1 saturated carbocycles. The van der Waals surface area contributed by atoms with Crippen LogP contribution >= 0.6 is 0 Å². The largest absolute Gasteiger partial charge is 0.465 e. The van der Waals surface area contributed by atoms with Crippen LogP contribution in [0.1, 0.15) is 37.7 Å². The Bertz CT molecular complexity index is 685. The normalized spacial score (nSPS) is 30.0. The molecule has 7 nitrogen and oxygen atoms in total. The van der Waals surface area contributed by atoms with E-state index in [-0.39, 0.29) is 5.91 Å². The number of carbonyl (C=O) groups is 2. The molecule has 2 aliphatic heterocycles. The van der Waals surface area contributed by atoms with Gasteiger partial charge in [0.2, 0.25) is 5.91 Å². The highest BCUT2D eigenvalue weighted by Gasteiger charge is 2.49. The van der Waals surface area contributed by atoms with E-state index >= 15 is 0 Å². The predicted octanol–water partition coefficient (Wildman–Crippen LogP) is 1.90. The molecule has 7 heteroatoms. The molecule has 1 aliphatic carbocycles. The quantitative estimate of drug-likeness (QED) is 0.813. The minimum absolute atomic E-state index is 0.113. The Morgan fingerprint density at radius 1 is 1.24 bits per heavy atom. The van der Waals surface area contributed by atoms with Crippen LogP contribution in [0.2, 0.25) is 0 Å². The maximum Gasteiger partial charge on any atom is 0.407 e. The number of rotatable bonds is 1. The maximum atomic E-state index is 12.6. The lowest BCUT2D eigenvalue weighted by Gasteiger charge is -2.40. The summed E-state index contributed by atoms with van der Waals surface area (Å²) in [5, 5.41) is 12.2. The van der Waals surface area contributed by atoms with Gasteiger partial charge in [-0.2, -0.15) is 0 Å². The molecule has 2 fully saturated rings. The van der Waals surface area contributed by atoms with Crippen molar-refractivity contribution < 1.29 is 14.7 Å². The van der Waals surface area contributed by atoms with Crippen LogP contribution in [0.3, 0.4) is 0 Å². The zero-order valence-electron chi connectivity index (χ0n) is 14.3. The number of fused-ring (bicyclic) bond motifs is 2. The molecule has 0 bridgehead atoms. The van der Waals surface area contributed by atoms with Crippen molar-refractivity contribution in [3.05, 3.63) is 24.0 Å². The van der Waals surface area contributed by atoms with Gasteiger partial charge in [0.05, 0.1) is 17.3 Å². The number of nitrogens with one attached hydrogen (secondary N) is 1. The minimum Gasteiger partial charge on any atom is -0.465 e. The maximum absolute atomic E-state index is 12.6. The first-order valence-electron chi connectivity index (χ1n) is 9.08. The molecule has 25 heavy (non-hydrogen) atoms. The van der Waals surface area contributed by atoms with Gasteiger partial charge in [-0.15, -0.1) is 0 Å². The molecule has 3 aliphatic rings. The van der Waals surface area contributed by atoms with Crippen LogP contribution in [0.4, 0.5) is 10.5 Å². The lowest BCUT2D eigenvalue weighted by molar-refractivity contribution is -0.122. The smallest absolute Gasteiger partial charge is 0.407 e. The number of carbonyl (C=O) groups excluding carboxylic acids is 1. The lowest BCUT2D eigenvalue weighted by Crippen LogP contribution is -2.46. The zero-order chi connectivity index (χ0) is 17.4. The third kappa shape index (κ3) is 2.76. The van der Waals surface area contributed by atoms with E-state index in [4.69, 9.17) is 0 Å². The number of amides is 2. The second-order valence-electron chi connectivity index (χ2n) is 7.35. The standard InChI is InChI=1S/C18H24N4O3/c23-16-18(14-4-7-19-12-15(14)20-16)5-2-13(3-6-18)21-8-1-9-22(11-10-21)17(24)25/h4,7,12-13H,1-3,5-6,8-11H2,(H,20,23)(H,24,25). The molecule has 134 valence electrons. The number of hydrogen-bond acceptors (Lipinski definition) is 4. The highest BCUT2D eigenvalue weighted by molar-refractivity contribution is 6.06. The molecule has 1 aromatic heterocycles. The molecule has 0 radical (unpaired) electrons. The van der Waals surface area contributed by atoms with Gasteiger partial charge in [0, 0.05) is 38.4 Å². The van der Waals surface area contributed by atoms with Gasteiger partial charge in [0.25, 0.3) is 0 Å². The van der Waals surface area contributed by atoms with E-state index in [0.717, 1.165) is 56.4 Å². The molecule has 3 heterocycles. The Morgan fingerprint density at radius 3 is 2.80 bits per heavy atom. The third-order valence-electron chi connectivity index (χ3n) is 6.15. The summed E-state index contributed by atoms with van der Waals surface area (Å²) in [6.45, 7) is 2.92. The summed E-state index contributed by atoms with van der Waals surface area (Å²) >= 11 is 0. The van der Waals surface area contributed by atoms with Crippen LogP contribution in [-0.4, -0.2) is 64.1 Å². The number of hydrogen-bond donors (Lipinski definition) is 2. The fourth-order valence-electron chi connectivity index (χ4n) is 4.73. The molecule has 1 spiro atoms. The van der Waals surface area contributed by atoms with Crippen molar-refractivity contribution in [2.45, 2.75) is 43.6 Å². The van der Waals surface area contributed by atoms with Gasteiger partial charge in [0.1, 0.15) is 0 Å².